The summed E-state index contributed by atoms with van der Waals surface area (Å²) in [5, 5.41) is 6.35. The highest BCUT2D eigenvalue weighted by atomic mass is 16.6. The molecule has 0 unspecified atom stereocenters. The number of nitrogens with zero attached hydrogens (tertiary/aromatic N) is 2. The van der Waals surface area contributed by atoms with Crippen LogP contribution in [0.2, 0.25) is 0 Å². The predicted octanol–water partition coefficient (Wildman–Crippen LogP) is 2.01. The van der Waals surface area contributed by atoms with Crippen LogP contribution in [0, 0.1) is 0 Å². The molecule has 0 aromatic carbocycles. The van der Waals surface area contributed by atoms with Gasteiger partial charge in [-0.15, -0.1) is 0 Å². The number of hydrogen-bond donors (Lipinski definition) is 2. The first-order chi connectivity index (χ1) is 9.89. The van der Waals surface area contributed by atoms with E-state index in [0.717, 1.165) is 25.0 Å². The molecule has 0 bridgehead atoms. The summed E-state index contributed by atoms with van der Waals surface area (Å²) in [5.74, 6) is 0. The third-order valence-corrected chi connectivity index (χ3v) is 3.46. The standard InChI is InChI=1S/C15H24N4O2/c1-14(2,3)21-13(20)19-15(5-4-6-15)11-17-10-12-9-16-7-8-18-12/h7-9,17H,4-6,10-11H2,1-3H3,(H,19,20). The number of carbonyl (C=O) groups excluding carboxylic acids is 1. The second-order valence-corrected chi connectivity index (χ2v) is 6.56. The van der Waals surface area contributed by atoms with Gasteiger partial charge in [0.1, 0.15) is 5.60 Å². The summed E-state index contributed by atoms with van der Waals surface area (Å²) in [5.41, 5.74) is 0.233. The van der Waals surface area contributed by atoms with Crippen LogP contribution in [0.25, 0.3) is 0 Å². The van der Waals surface area contributed by atoms with E-state index in [1.807, 2.05) is 20.8 Å². The Kier molecular flexibility index (Phi) is 4.77. The number of carbonyl (C=O) groups is 1. The molecule has 0 spiro atoms. The highest BCUT2D eigenvalue weighted by molar-refractivity contribution is 5.69. The van der Waals surface area contributed by atoms with Crippen LogP contribution in [-0.4, -0.2) is 33.7 Å². The van der Waals surface area contributed by atoms with E-state index in [0.29, 0.717) is 13.1 Å². The molecular formula is C15H24N4O2. The normalized spacial score (nSPS) is 16.9. The highest BCUT2D eigenvalue weighted by Crippen LogP contribution is 2.31. The minimum absolute atomic E-state index is 0.190. The average Bonchev–Trinajstić information content (AvgIpc) is 2.34. The summed E-state index contributed by atoms with van der Waals surface area (Å²) < 4.78 is 5.33. The molecular weight excluding hydrogens is 268 g/mol. The summed E-state index contributed by atoms with van der Waals surface area (Å²) in [6.45, 7) is 6.96. The maximum Gasteiger partial charge on any atom is 0.408 e. The summed E-state index contributed by atoms with van der Waals surface area (Å²) in [6, 6.07) is 0. The van der Waals surface area contributed by atoms with Crippen LogP contribution in [0.5, 0.6) is 0 Å². The summed E-state index contributed by atoms with van der Waals surface area (Å²) in [4.78, 5) is 20.2. The number of ether oxygens (including phenoxy) is 1. The monoisotopic (exact) mass is 292 g/mol. The van der Waals surface area contributed by atoms with Crippen LogP contribution < -0.4 is 10.6 Å². The van der Waals surface area contributed by atoms with Gasteiger partial charge in [0.15, 0.2) is 0 Å². The molecule has 6 nitrogen and oxygen atoms in total. The van der Waals surface area contributed by atoms with Crippen molar-refractivity contribution >= 4 is 6.09 Å². The van der Waals surface area contributed by atoms with Gasteiger partial charge in [-0.3, -0.25) is 9.97 Å². The Morgan fingerprint density at radius 1 is 1.38 bits per heavy atom. The second-order valence-electron chi connectivity index (χ2n) is 6.56. The second kappa shape index (κ2) is 6.39. The van der Waals surface area contributed by atoms with E-state index in [1.165, 1.54) is 0 Å². The van der Waals surface area contributed by atoms with E-state index in [9.17, 15) is 4.79 Å². The molecule has 0 saturated heterocycles. The lowest BCUT2D eigenvalue weighted by Gasteiger charge is -2.42. The Morgan fingerprint density at radius 3 is 2.67 bits per heavy atom. The highest BCUT2D eigenvalue weighted by Gasteiger charge is 2.39. The van der Waals surface area contributed by atoms with Gasteiger partial charge in [0, 0.05) is 31.7 Å². The molecule has 2 rings (SSSR count). The van der Waals surface area contributed by atoms with E-state index in [1.54, 1.807) is 18.6 Å². The number of rotatable bonds is 5. The molecule has 6 heteroatoms. The van der Waals surface area contributed by atoms with Crippen LogP contribution in [0.4, 0.5) is 4.79 Å². The van der Waals surface area contributed by atoms with Crippen molar-refractivity contribution in [2.75, 3.05) is 6.54 Å². The molecule has 0 atom stereocenters. The first-order valence-corrected chi connectivity index (χ1v) is 7.35. The molecule has 2 N–H and O–H groups in total. The topological polar surface area (TPSA) is 76.1 Å². The molecule has 1 saturated carbocycles. The fourth-order valence-electron chi connectivity index (χ4n) is 2.32. The van der Waals surface area contributed by atoms with E-state index in [4.69, 9.17) is 4.74 Å². The number of aromatic nitrogens is 2. The van der Waals surface area contributed by atoms with Gasteiger partial charge in [0.25, 0.3) is 0 Å². The maximum atomic E-state index is 11.9. The Balaban J connectivity index is 1.80. The molecule has 1 aliphatic rings. The Labute approximate surface area is 125 Å². The molecule has 0 aliphatic heterocycles. The molecule has 116 valence electrons. The zero-order chi connectivity index (χ0) is 15.3. The van der Waals surface area contributed by atoms with Gasteiger partial charge in [-0.1, -0.05) is 0 Å². The van der Waals surface area contributed by atoms with Crippen LogP contribution in [-0.2, 0) is 11.3 Å². The zero-order valence-electron chi connectivity index (χ0n) is 13.0. The van der Waals surface area contributed by atoms with E-state index in [2.05, 4.69) is 20.6 Å². The van der Waals surface area contributed by atoms with Crippen molar-refractivity contribution < 1.29 is 9.53 Å². The molecule has 1 amide bonds. The van der Waals surface area contributed by atoms with Crippen molar-refractivity contribution in [1.29, 1.82) is 0 Å². The fourth-order valence-corrected chi connectivity index (χ4v) is 2.32. The van der Waals surface area contributed by atoms with Gasteiger partial charge < -0.3 is 15.4 Å². The van der Waals surface area contributed by atoms with Crippen molar-refractivity contribution in [2.24, 2.45) is 0 Å². The van der Waals surface area contributed by atoms with Crippen molar-refractivity contribution in [3.05, 3.63) is 24.3 Å². The molecule has 1 heterocycles. The molecule has 1 fully saturated rings. The van der Waals surface area contributed by atoms with Gasteiger partial charge in [-0.05, 0) is 40.0 Å². The summed E-state index contributed by atoms with van der Waals surface area (Å²) >= 11 is 0. The summed E-state index contributed by atoms with van der Waals surface area (Å²) in [6.07, 6.45) is 7.79. The van der Waals surface area contributed by atoms with Crippen molar-refractivity contribution in [3.63, 3.8) is 0 Å². The summed E-state index contributed by atoms with van der Waals surface area (Å²) in [7, 11) is 0. The molecule has 21 heavy (non-hydrogen) atoms. The lowest BCUT2D eigenvalue weighted by Crippen LogP contribution is -2.59. The molecule has 1 aromatic heterocycles. The van der Waals surface area contributed by atoms with Crippen LogP contribution in [0.3, 0.4) is 0 Å². The maximum absolute atomic E-state index is 11.9. The third kappa shape index (κ3) is 4.97. The quantitative estimate of drug-likeness (QED) is 0.868. The number of amides is 1. The Hall–Kier alpha value is -1.69. The van der Waals surface area contributed by atoms with Gasteiger partial charge in [-0.2, -0.15) is 0 Å². The first-order valence-electron chi connectivity index (χ1n) is 7.35. The minimum Gasteiger partial charge on any atom is -0.444 e. The van der Waals surface area contributed by atoms with Gasteiger partial charge in [0.2, 0.25) is 0 Å². The third-order valence-electron chi connectivity index (χ3n) is 3.46. The predicted molar refractivity (Wildman–Crippen MR) is 79.7 cm³/mol. The lowest BCUT2D eigenvalue weighted by atomic mass is 9.76. The lowest BCUT2D eigenvalue weighted by molar-refractivity contribution is 0.0382. The van der Waals surface area contributed by atoms with Crippen LogP contribution >= 0.6 is 0 Å². The van der Waals surface area contributed by atoms with Crippen LogP contribution in [0.1, 0.15) is 45.7 Å². The minimum atomic E-state index is -0.470. The molecule has 0 radical (unpaired) electrons. The number of nitrogens with one attached hydrogen (secondary N) is 2. The Bertz CT molecular complexity index is 466. The average molecular weight is 292 g/mol. The van der Waals surface area contributed by atoms with Gasteiger partial charge in [0.05, 0.1) is 11.2 Å². The van der Waals surface area contributed by atoms with Gasteiger partial charge in [-0.25, -0.2) is 4.79 Å². The van der Waals surface area contributed by atoms with Crippen molar-refractivity contribution in [1.82, 2.24) is 20.6 Å². The number of alkyl carbamates (subject to hydrolysis) is 1. The smallest absolute Gasteiger partial charge is 0.408 e. The number of hydrogen-bond acceptors (Lipinski definition) is 5. The fraction of sp³-hybridized carbons (Fsp3) is 0.667. The zero-order valence-corrected chi connectivity index (χ0v) is 13.0. The molecule has 1 aliphatic carbocycles. The van der Waals surface area contributed by atoms with Crippen molar-refractivity contribution in [2.45, 2.75) is 57.7 Å². The SMILES string of the molecule is CC(C)(C)OC(=O)NC1(CNCc2cnccn2)CCC1. The molecule has 1 aromatic rings. The van der Waals surface area contributed by atoms with E-state index in [-0.39, 0.29) is 11.6 Å². The van der Waals surface area contributed by atoms with Crippen molar-refractivity contribution in [3.8, 4) is 0 Å². The Morgan fingerprint density at radius 2 is 2.14 bits per heavy atom. The van der Waals surface area contributed by atoms with E-state index >= 15 is 0 Å². The van der Waals surface area contributed by atoms with Gasteiger partial charge >= 0.3 is 6.09 Å². The first kappa shape index (κ1) is 15.7. The van der Waals surface area contributed by atoms with Crippen LogP contribution in [0.15, 0.2) is 18.6 Å². The largest absolute Gasteiger partial charge is 0.444 e. The van der Waals surface area contributed by atoms with E-state index < -0.39 is 5.60 Å².